The van der Waals surface area contributed by atoms with Gasteiger partial charge in [-0.25, -0.2) is 8.78 Å². The number of rotatable bonds is 11. The number of piperazine rings is 1. The van der Waals surface area contributed by atoms with Crippen molar-refractivity contribution in [1.82, 2.24) is 9.80 Å². The van der Waals surface area contributed by atoms with Crippen LogP contribution in [-0.4, -0.2) is 61.6 Å². The highest BCUT2D eigenvalue weighted by Crippen LogP contribution is 2.26. The van der Waals surface area contributed by atoms with Crippen LogP contribution < -0.4 is 4.74 Å². The molecule has 0 bridgehead atoms. The highest BCUT2D eigenvalue weighted by molar-refractivity contribution is 5.69. The Bertz CT molecular complexity index is 1300. The zero-order chi connectivity index (χ0) is 30.3. The van der Waals surface area contributed by atoms with Crippen molar-refractivity contribution in [1.29, 1.82) is 0 Å². The minimum absolute atomic E-state index is 0.279. The lowest BCUT2D eigenvalue weighted by molar-refractivity contribution is -0.131. The number of para-hydroxylation sites is 1. The van der Waals surface area contributed by atoms with Gasteiger partial charge >= 0.3 is 5.97 Å². The van der Waals surface area contributed by atoms with E-state index in [0.29, 0.717) is 12.4 Å². The Kier molecular flexibility index (Phi) is 12.9. The van der Waals surface area contributed by atoms with Crippen molar-refractivity contribution < 1.29 is 23.0 Å². The number of esters is 1. The third-order valence-electron chi connectivity index (χ3n) is 7.29. The van der Waals surface area contributed by atoms with Crippen LogP contribution in [0.25, 0.3) is 0 Å². The largest absolute Gasteiger partial charge is 0.427 e. The predicted octanol–water partition coefficient (Wildman–Crippen LogP) is 6.93. The Morgan fingerprint density at radius 1 is 0.698 bits per heavy atom. The molecule has 7 heteroatoms. The number of hydrogen-bond acceptors (Lipinski definition) is 5. The molecule has 226 valence electrons. The van der Waals surface area contributed by atoms with Gasteiger partial charge in [-0.15, -0.1) is 0 Å². The van der Waals surface area contributed by atoms with E-state index in [0.717, 1.165) is 56.8 Å². The molecular weight excluding hydrogens is 546 g/mol. The maximum atomic E-state index is 13.4. The van der Waals surface area contributed by atoms with Crippen LogP contribution in [0.3, 0.4) is 0 Å². The molecule has 0 spiro atoms. The van der Waals surface area contributed by atoms with Gasteiger partial charge in [-0.1, -0.05) is 72.8 Å². The number of benzene rings is 4. The van der Waals surface area contributed by atoms with Gasteiger partial charge in [-0.3, -0.25) is 9.69 Å². The lowest BCUT2D eigenvalue weighted by Gasteiger charge is -2.35. The van der Waals surface area contributed by atoms with Gasteiger partial charge in [0.25, 0.3) is 0 Å². The predicted molar refractivity (Wildman–Crippen MR) is 166 cm³/mol. The third-order valence-corrected chi connectivity index (χ3v) is 7.29. The minimum atomic E-state index is -0.342. The molecular formula is C36H40F2N2O3. The van der Waals surface area contributed by atoms with Crippen molar-refractivity contribution in [3.8, 4) is 5.75 Å². The van der Waals surface area contributed by atoms with E-state index < -0.39 is 0 Å². The van der Waals surface area contributed by atoms with Crippen molar-refractivity contribution >= 4 is 5.97 Å². The van der Waals surface area contributed by atoms with Crippen molar-refractivity contribution in [3.63, 3.8) is 0 Å². The summed E-state index contributed by atoms with van der Waals surface area (Å²) in [5, 5.41) is 0. The van der Waals surface area contributed by atoms with Gasteiger partial charge in [0.15, 0.2) is 0 Å². The average molecular weight is 587 g/mol. The molecule has 1 aliphatic heterocycles. The first-order valence-electron chi connectivity index (χ1n) is 14.8. The molecule has 4 aromatic carbocycles. The normalized spacial score (nSPS) is 13.8. The molecule has 0 aromatic heterocycles. The number of ether oxygens (including phenoxy) is 2. The number of carbonyl (C=O) groups is 1. The quantitative estimate of drug-likeness (QED) is 0.141. The smallest absolute Gasteiger partial charge is 0.308 e. The summed E-state index contributed by atoms with van der Waals surface area (Å²) in [6, 6.07) is 32.3. The van der Waals surface area contributed by atoms with Gasteiger partial charge < -0.3 is 14.4 Å². The van der Waals surface area contributed by atoms with Crippen molar-refractivity contribution in [2.45, 2.75) is 25.9 Å². The highest BCUT2D eigenvalue weighted by atomic mass is 19.1. The van der Waals surface area contributed by atoms with Crippen molar-refractivity contribution in [2.24, 2.45) is 0 Å². The molecule has 0 aliphatic carbocycles. The monoisotopic (exact) mass is 586 g/mol. The molecule has 43 heavy (non-hydrogen) atoms. The number of halogens is 2. The molecule has 0 saturated carbocycles. The fraction of sp³-hybridized carbons (Fsp3) is 0.306. The number of carbonyl (C=O) groups excluding carboxylic acids is 1. The number of hydrogen-bond donors (Lipinski definition) is 0. The van der Waals surface area contributed by atoms with E-state index in [9.17, 15) is 13.6 Å². The standard InChI is InChI=1S/C28H32F2N2O.C8H8O2/c29-26-12-8-24(9-13-26)28(25-10-14-27(30)15-11-25)33-22-21-32-19-17-31(18-20-32)16-4-7-23-5-2-1-3-6-23;1-7(9)10-8-5-3-2-4-6-8/h1-3,5-6,8-15,28H,4,7,16-22H2;2-6H,1H3. The van der Waals surface area contributed by atoms with Gasteiger partial charge in [0.2, 0.25) is 0 Å². The first kappa shape index (κ1) is 32.0. The summed E-state index contributed by atoms with van der Waals surface area (Å²) in [5.74, 6) is -0.252. The number of nitrogens with zero attached hydrogens (tertiary/aromatic N) is 2. The van der Waals surface area contributed by atoms with Crippen LogP contribution in [0.5, 0.6) is 5.75 Å². The van der Waals surface area contributed by atoms with Gasteiger partial charge in [0.1, 0.15) is 23.5 Å². The first-order chi connectivity index (χ1) is 21.0. The zero-order valence-electron chi connectivity index (χ0n) is 24.7. The molecule has 1 saturated heterocycles. The molecule has 0 amide bonds. The lowest BCUT2D eigenvalue weighted by Crippen LogP contribution is -2.47. The van der Waals surface area contributed by atoms with Crippen LogP contribution in [0.1, 0.15) is 36.1 Å². The van der Waals surface area contributed by atoms with Gasteiger partial charge in [0.05, 0.1) is 6.61 Å². The van der Waals surface area contributed by atoms with E-state index >= 15 is 0 Å². The summed E-state index contributed by atoms with van der Waals surface area (Å²) < 4.78 is 37.8. The summed E-state index contributed by atoms with van der Waals surface area (Å²) in [7, 11) is 0. The van der Waals surface area contributed by atoms with E-state index in [1.165, 1.54) is 43.2 Å². The van der Waals surface area contributed by atoms with Crippen LogP contribution in [0.15, 0.2) is 109 Å². The van der Waals surface area contributed by atoms with E-state index in [2.05, 4.69) is 40.1 Å². The van der Waals surface area contributed by atoms with Crippen LogP contribution in [0.4, 0.5) is 8.78 Å². The molecule has 0 atom stereocenters. The Morgan fingerprint density at radius 2 is 1.19 bits per heavy atom. The van der Waals surface area contributed by atoms with Gasteiger partial charge in [-0.2, -0.15) is 0 Å². The van der Waals surface area contributed by atoms with Crippen LogP contribution in [-0.2, 0) is 16.0 Å². The molecule has 1 aliphatic rings. The van der Waals surface area contributed by atoms with E-state index in [1.807, 2.05) is 18.2 Å². The Labute approximate surface area is 253 Å². The van der Waals surface area contributed by atoms with Crippen LogP contribution in [0, 0.1) is 11.6 Å². The zero-order valence-corrected chi connectivity index (χ0v) is 24.7. The topological polar surface area (TPSA) is 42.0 Å². The molecule has 0 unspecified atom stereocenters. The number of aryl methyl sites for hydroxylation is 1. The first-order valence-corrected chi connectivity index (χ1v) is 14.8. The van der Waals surface area contributed by atoms with Crippen LogP contribution >= 0.6 is 0 Å². The third kappa shape index (κ3) is 11.4. The summed E-state index contributed by atoms with van der Waals surface area (Å²) in [6.45, 7) is 8.15. The second-order valence-electron chi connectivity index (χ2n) is 10.5. The molecule has 1 fully saturated rings. The Morgan fingerprint density at radius 3 is 1.70 bits per heavy atom. The second kappa shape index (κ2) is 17.3. The minimum Gasteiger partial charge on any atom is -0.427 e. The van der Waals surface area contributed by atoms with Crippen LogP contribution in [0.2, 0.25) is 0 Å². The van der Waals surface area contributed by atoms with E-state index in [-0.39, 0.29) is 23.7 Å². The summed E-state index contributed by atoms with van der Waals surface area (Å²) >= 11 is 0. The SMILES string of the molecule is CC(=O)Oc1ccccc1.Fc1ccc(C(OCCN2CCN(CCCc3ccccc3)CC2)c2ccc(F)cc2)cc1. The summed E-state index contributed by atoms with van der Waals surface area (Å²) in [5.41, 5.74) is 3.14. The lowest BCUT2D eigenvalue weighted by atomic mass is 10.0. The fourth-order valence-electron chi connectivity index (χ4n) is 5.00. The van der Waals surface area contributed by atoms with Gasteiger partial charge in [0, 0.05) is 39.6 Å². The second-order valence-corrected chi connectivity index (χ2v) is 10.5. The summed E-state index contributed by atoms with van der Waals surface area (Å²) in [6.07, 6.45) is 1.97. The summed E-state index contributed by atoms with van der Waals surface area (Å²) in [4.78, 5) is 15.4. The maximum absolute atomic E-state index is 13.4. The van der Waals surface area contributed by atoms with E-state index in [1.54, 1.807) is 36.4 Å². The van der Waals surface area contributed by atoms with Crippen molar-refractivity contribution in [3.05, 3.63) is 138 Å². The van der Waals surface area contributed by atoms with E-state index in [4.69, 9.17) is 9.47 Å². The maximum Gasteiger partial charge on any atom is 0.308 e. The molecule has 5 nitrogen and oxygen atoms in total. The molecule has 5 rings (SSSR count). The average Bonchev–Trinajstić information content (AvgIpc) is 3.02. The Hall–Kier alpha value is -3.91. The molecule has 4 aromatic rings. The molecule has 0 N–H and O–H groups in total. The van der Waals surface area contributed by atoms with Gasteiger partial charge in [-0.05, 0) is 72.5 Å². The highest BCUT2D eigenvalue weighted by Gasteiger charge is 2.19. The molecule has 0 radical (unpaired) electrons. The Balaban J connectivity index is 0.000000359. The van der Waals surface area contributed by atoms with Crippen molar-refractivity contribution in [2.75, 3.05) is 45.9 Å². The molecule has 1 heterocycles. The fourth-order valence-corrected chi connectivity index (χ4v) is 5.00.